The molecule has 1 N–H and O–H groups in total. The lowest BCUT2D eigenvalue weighted by Crippen LogP contribution is -2.46. The molecular formula is C12H15FN4O. The number of rotatable bonds is 3. The summed E-state index contributed by atoms with van der Waals surface area (Å²) in [6.07, 6.45) is 5.36. The Morgan fingerprint density at radius 1 is 1.44 bits per heavy atom. The Bertz CT molecular complexity index is 451. The van der Waals surface area contributed by atoms with Crippen LogP contribution in [-0.4, -0.2) is 40.7 Å². The summed E-state index contributed by atoms with van der Waals surface area (Å²) in [5.41, 5.74) is -1.80. The fraction of sp³-hybridized carbons (Fsp3) is 0.583. The van der Waals surface area contributed by atoms with Crippen molar-refractivity contribution in [2.24, 2.45) is 0 Å². The van der Waals surface area contributed by atoms with Gasteiger partial charge in [0.15, 0.2) is 0 Å². The lowest BCUT2D eigenvalue weighted by molar-refractivity contribution is -0.131. The van der Waals surface area contributed by atoms with E-state index in [1.807, 2.05) is 0 Å². The second-order valence-electron chi connectivity index (χ2n) is 4.93. The maximum atomic E-state index is 14.5. The van der Waals surface area contributed by atoms with Crippen LogP contribution in [0.3, 0.4) is 0 Å². The van der Waals surface area contributed by atoms with Crippen LogP contribution in [0, 0.1) is 0 Å². The minimum absolute atomic E-state index is 0.0373. The van der Waals surface area contributed by atoms with E-state index in [-0.39, 0.29) is 19.0 Å². The van der Waals surface area contributed by atoms with Crippen molar-refractivity contribution in [2.75, 3.05) is 18.0 Å². The zero-order valence-corrected chi connectivity index (χ0v) is 9.97. The van der Waals surface area contributed by atoms with Crippen LogP contribution in [0.2, 0.25) is 0 Å². The molecule has 1 saturated carbocycles. The number of amides is 1. The molecule has 1 unspecified atom stereocenters. The molecular weight excluding hydrogens is 235 g/mol. The van der Waals surface area contributed by atoms with Crippen LogP contribution in [0.25, 0.3) is 0 Å². The molecule has 0 spiro atoms. The Morgan fingerprint density at radius 2 is 2.17 bits per heavy atom. The van der Waals surface area contributed by atoms with Crippen molar-refractivity contribution in [1.29, 1.82) is 0 Å². The Labute approximate surface area is 104 Å². The van der Waals surface area contributed by atoms with Crippen molar-refractivity contribution in [3.63, 3.8) is 0 Å². The summed E-state index contributed by atoms with van der Waals surface area (Å²) in [5.74, 6) is -0.000298. The molecule has 2 fully saturated rings. The van der Waals surface area contributed by atoms with Gasteiger partial charge in [0.1, 0.15) is 0 Å². The van der Waals surface area contributed by atoms with E-state index in [4.69, 9.17) is 0 Å². The molecule has 2 aliphatic rings. The number of halogens is 1. The van der Waals surface area contributed by atoms with Crippen LogP contribution in [-0.2, 0) is 4.79 Å². The number of nitrogens with one attached hydrogen (secondary N) is 1. The molecule has 6 heteroatoms. The van der Waals surface area contributed by atoms with Gasteiger partial charge in [-0.05, 0) is 18.9 Å². The Balaban J connectivity index is 1.68. The number of carbonyl (C=O) groups excluding carboxylic acids is 1. The van der Waals surface area contributed by atoms with Gasteiger partial charge >= 0.3 is 0 Å². The molecule has 1 aliphatic heterocycles. The Kier molecular flexibility index (Phi) is 2.65. The average molecular weight is 250 g/mol. The van der Waals surface area contributed by atoms with Crippen LogP contribution in [0.1, 0.15) is 19.3 Å². The zero-order valence-electron chi connectivity index (χ0n) is 9.97. The molecule has 1 atom stereocenters. The fourth-order valence-electron chi connectivity index (χ4n) is 2.13. The molecule has 1 aromatic rings. The first-order valence-electron chi connectivity index (χ1n) is 6.19. The molecule has 18 heavy (non-hydrogen) atoms. The van der Waals surface area contributed by atoms with Crippen molar-refractivity contribution in [3.05, 3.63) is 18.5 Å². The van der Waals surface area contributed by atoms with Gasteiger partial charge < -0.3 is 10.2 Å². The first-order chi connectivity index (χ1) is 8.67. The minimum atomic E-state index is -1.80. The quantitative estimate of drug-likeness (QED) is 0.856. The highest BCUT2D eigenvalue weighted by atomic mass is 19.1. The second-order valence-corrected chi connectivity index (χ2v) is 4.93. The lowest BCUT2D eigenvalue weighted by Gasteiger charge is -2.20. The van der Waals surface area contributed by atoms with E-state index >= 15 is 0 Å². The smallest absolute Gasteiger partial charge is 0.259 e. The maximum Gasteiger partial charge on any atom is 0.259 e. The summed E-state index contributed by atoms with van der Waals surface area (Å²) in [7, 11) is 0. The van der Waals surface area contributed by atoms with E-state index in [0.29, 0.717) is 12.5 Å². The van der Waals surface area contributed by atoms with Crippen LogP contribution in [0.4, 0.5) is 10.3 Å². The number of hydrogen-bond donors (Lipinski definition) is 1. The molecule has 1 saturated heterocycles. The molecule has 1 amide bonds. The Morgan fingerprint density at radius 3 is 2.83 bits per heavy atom. The highest BCUT2D eigenvalue weighted by molar-refractivity contribution is 5.87. The topological polar surface area (TPSA) is 58.1 Å². The molecule has 2 heterocycles. The molecule has 0 bridgehead atoms. The number of nitrogens with zero attached hydrogens (tertiary/aromatic N) is 3. The van der Waals surface area contributed by atoms with Crippen LogP contribution < -0.4 is 10.2 Å². The van der Waals surface area contributed by atoms with Crippen molar-refractivity contribution in [1.82, 2.24) is 15.3 Å². The van der Waals surface area contributed by atoms with E-state index in [9.17, 15) is 9.18 Å². The molecule has 0 radical (unpaired) electrons. The first-order valence-corrected chi connectivity index (χ1v) is 6.19. The molecule has 3 rings (SSSR count). The summed E-state index contributed by atoms with van der Waals surface area (Å²) in [5, 5.41) is 2.73. The predicted molar refractivity (Wildman–Crippen MR) is 63.9 cm³/mol. The first kappa shape index (κ1) is 11.4. The Hall–Kier alpha value is -1.72. The van der Waals surface area contributed by atoms with Crippen molar-refractivity contribution < 1.29 is 9.18 Å². The van der Waals surface area contributed by atoms with Gasteiger partial charge in [0, 0.05) is 31.4 Å². The fourth-order valence-corrected chi connectivity index (χ4v) is 2.13. The van der Waals surface area contributed by atoms with Crippen molar-refractivity contribution >= 4 is 11.9 Å². The summed E-state index contributed by atoms with van der Waals surface area (Å²) >= 11 is 0. The SMILES string of the molecule is O=C(NC1CC1)C1(F)CCN(c2ncccn2)C1. The van der Waals surface area contributed by atoms with Gasteiger partial charge in [-0.1, -0.05) is 0 Å². The van der Waals surface area contributed by atoms with E-state index in [0.717, 1.165) is 12.8 Å². The summed E-state index contributed by atoms with van der Waals surface area (Å²) in [6.45, 7) is 0.508. The van der Waals surface area contributed by atoms with E-state index in [1.54, 1.807) is 23.4 Å². The number of anilines is 1. The maximum absolute atomic E-state index is 14.5. The molecule has 1 aliphatic carbocycles. The van der Waals surface area contributed by atoms with Gasteiger partial charge in [-0.2, -0.15) is 0 Å². The number of aromatic nitrogens is 2. The normalized spacial score (nSPS) is 27.3. The third-order valence-corrected chi connectivity index (χ3v) is 3.37. The summed E-state index contributed by atoms with van der Waals surface area (Å²) in [4.78, 5) is 21.7. The molecule has 0 aromatic carbocycles. The lowest BCUT2D eigenvalue weighted by atomic mass is 10.1. The van der Waals surface area contributed by atoms with Crippen LogP contribution >= 0.6 is 0 Å². The number of hydrogen-bond acceptors (Lipinski definition) is 4. The van der Waals surface area contributed by atoms with Gasteiger partial charge in [-0.3, -0.25) is 4.79 Å². The molecule has 5 nitrogen and oxygen atoms in total. The van der Waals surface area contributed by atoms with Gasteiger partial charge in [0.05, 0.1) is 6.54 Å². The number of carbonyl (C=O) groups is 1. The van der Waals surface area contributed by atoms with E-state index < -0.39 is 11.6 Å². The van der Waals surface area contributed by atoms with Gasteiger partial charge in [0.25, 0.3) is 5.91 Å². The van der Waals surface area contributed by atoms with E-state index in [1.165, 1.54) is 0 Å². The monoisotopic (exact) mass is 250 g/mol. The second kappa shape index (κ2) is 4.19. The minimum Gasteiger partial charge on any atom is -0.351 e. The molecule has 96 valence electrons. The van der Waals surface area contributed by atoms with Gasteiger partial charge in [-0.15, -0.1) is 0 Å². The molecule has 1 aromatic heterocycles. The highest BCUT2D eigenvalue weighted by Crippen LogP contribution is 2.29. The van der Waals surface area contributed by atoms with Crippen molar-refractivity contribution in [2.45, 2.75) is 31.0 Å². The average Bonchev–Trinajstić information content (AvgIpc) is 3.11. The zero-order chi connectivity index (χ0) is 12.6. The highest BCUT2D eigenvalue weighted by Gasteiger charge is 2.47. The van der Waals surface area contributed by atoms with E-state index in [2.05, 4.69) is 15.3 Å². The van der Waals surface area contributed by atoms with Crippen molar-refractivity contribution in [3.8, 4) is 0 Å². The largest absolute Gasteiger partial charge is 0.351 e. The third-order valence-electron chi connectivity index (χ3n) is 3.37. The van der Waals surface area contributed by atoms with Crippen LogP contribution in [0.15, 0.2) is 18.5 Å². The predicted octanol–water partition coefficient (Wildman–Crippen LogP) is 0.674. The van der Waals surface area contributed by atoms with Gasteiger partial charge in [0.2, 0.25) is 11.6 Å². The number of alkyl halides is 1. The summed E-state index contributed by atoms with van der Waals surface area (Å²) < 4.78 is 14.5. The standard InChI is InChI=1S/C12H15FN4O/c13-12(10(18)16-9-2-3-9)4-7-17(8-12)11-14-5-1-6-15-11/h1,5-6,9H,2-4,7-8H2,(H,16,18). The van der Waals surface area contributed by atoms with Crippen LogP contribution in [0.5, 0.6) is 0 Å². The third kappa shape index (κ3) is 2.14. The summed E-state index contributed by atoms with van der Waals surface area (Å²) in [6, 6.07) is 1.90. The van der Waals surface area contributed by atoms with Gasteiger partial charge in [-0.25, -0.2) is 14.4 Å².